The first-order valence-electron chi connectivity index (χ1n) is 13.1. The van der Waals surface area contributed by atoms with Gasteiger partial charge in [0.05, 0.1) is 25.6 Å². The zero-order valence-electron chi connectivity index (χ0n) is 23.1. The second-order valence-corrected chi connectivity index (χ2v) is 10.4. The molecule has 13 heteroatoms. The quantitative estimate of drug-likeness (QED) is 0.268. The predicted octanol–water partition coefficient (Wildman–Crippen LogP) is 4.43. The molecule has 0 unspecified atom stereocenters. The van der Waals surface area contributed by atoms with Crippen LogP contribution in [0.1, 0.15) is 42.6 Å². The molecule has 2 N–H and O–H groups in total. The van der Waals surface area contributed by atoms with E-state index in [-0.39, 0.29) is 35.1 Å². The topological polar surface area (TPSA) is 124 Å². The van der Waals surface area contributed by atoms with Crippen LogP contribution in [0.2, 0.25) is 0 Å². The highest BCUT2D eigenvalue weighted by Crippen LogP contribution is 2.32. The summed E-state index contributed by atoms with van der Waals surface area (Å²) in [4.78, 5) is 37.4. The molecule has 1 aromatic carbocycles. The minimum atomic E-state index is -1.26. The SMILES string of the molecule is [C-]#[N+]C(C)(C)C(=O)Nc1cn2nc(-c3cnc(OC)c(C(=O)NCc4cc(F)cc(F)c4OCC4CC4)c3)ccc2n1. The fourth-order valence-electron chi connectivity index (χ4n) is 4.00. The Morgan fingerprint density at radius 2 is 2.00 bits per heavy atom. The molecule has 0 atom stereocenters. The first-order valence-corrected chi connectivity index (χ1v) is 13.1. The van der Waals surface area contributed by atoms with Gasteiger partial charge >= 0.3 is 11.4 Å². The fraction of sp³-hybridized carbons (Fsp3) is 0.310. The Hall–Kier alpha value is -5.12. The van der Waals surface area contributed by atoms with Crippen molar-refractivity contribution in [3.63, 3.8) is 0 Å². The van der Waals surface area contributed by atoms with Gasteiger partial charge in [0.2, 0.25) is 5.88 Å². The molecule has 0 aliphatic heterocycles. The highest BCUT2D eigenvalue weighted by molar-refractivity contribution is 5.98. The number of nitrogens with one attached hydrogen (secondary N) is 2. The van der Waals surface area contributed by atoms with Gasteiger partial charge in [-0.2, -0.15) is 5.10 Å². The van der Waals surface area contributed by atoms with Crippen molar-refractivity contribution < 1.29 is 27.8 Å². The van der Waals surface area contributed by atoms with Gasteiger partial charge in [0.15, 0.2) is 23.0 Å². The molecular formula is C29H27F2N7O4. The Kier molecular flexibility index (Phi) is 7.71. The third kappa shape index (κ3) is 6.12. The molecule has 216 valence electrons. The third-order valence-corrected chi connectivity index (χ3v) is 6.67. The number of pyridine rings is 1. The minimum absolute atomic E-state index is 0.0445. The summed E-state index contributed by atoms with van der Waals surface area (Å²) in [7, 11) is 1.37. The number of ether oxygens (including phenoxy) is 2. The Bertz CT molecular complexity index is 1730. The van der Waals surface area contributed by atoms with E-state index in [1.807, 2.05) is 0 Å². The van der Waals surface area contributed by atoms with Gasteiger partial charge in [-0.3, -0.25) is 9.59 Å². The number of fused-ring (bicyclic) bond motifs is 1. The van der Waals surface area contributed by atoms with Gasteiger partial charge in [0, 0.05) is 43.8 Å². The maximum Gasteiger partial charge on any atom is 0.311 e. The summed E-state index contributed by atoms with van der Waals surface area (Å²) in [6.45, 7) is 10.3. The van der Waals surface area contributed by atoms with E-state index in [0.717, 1.165) is 25.0 Å². The number of aromatic nitrogens is 4. The molecule has 4 aromatic rings. The summed E-state index contributed by atoms with van der Waals surface area (Å²) in [6.07, 6.45) is 4.98. The normalized spacial score (nSPS) is 13.0. The van der Waals surface area contributed by atoms with Crippen molar-refractivity contribution in [2.75, 3.05) is 19.0 Å². The summed E-state index contributed by atoms with van der Waals surface area (Å²) in [5.74, 6) is -2.17. The number of imidazole rings is 1. The molecule has 1 saturated carbocycles. The number of benzene rings is 1. The van der Waals surface area contributed by atoms with Crippen LogP contribution in [0.5, 0.6) is 11.6 Å². The van der Waals surface area contributed by atoms with Crippen molar-refractivity contribution >= 4 is 23.3 Å². The lowest BCUT2D eigenvalue weighted by Gasteiger charge is -2.14. The molecule has 3 aromatic heterocycles. The molecular weight excluding hydrogens is 548 g/mol. The zero-order chi connectivity index (χ0) is 30.0. The van der Waals surface area contributed by atoms with Gasteiger partial charge < -0.3 is 25.0 Å². The molecule has 0 bridgehead atoms. The van der Waals surface area contributed by atoms with E-state index in [1.54, 1.807) is 12.1 Å². The van der Waals surface area contributed by atoms with E-state index < -0.39 is 29.0 Å². The van der Waals surface area contributed by atoms with Crippen molar-refractivity contribution in [3.8, 4) is 22.9 Å². The van der Waals surface area contributed by atoms with Crippen LogP contribution in [0.25, 0.3) is 21.7 Å². The van der Waals surface area contributed by atoms with Gasteiger partial charge in [-0.15, -0.1) is 0 Å². The lowest BCUT2D eigenvalue weighted by molar-refractivity contribution is -0.118. The average Bonchev–Trinajstić information content (AvgIpc) is 3.71. The highest BCUT2D eigenvalue weighted by atomic mass is 19.1. The molecule has 42 heavy (non-hydrogen) atoms. The number of amides is 2. The predicted molar refractivity (Wildman–Crippen MR) is 148 cm³/mol. The summed E-state index contributed by atoms with van der Waals surface area (Å²) >= 11 is 0. The van der Waals surface area contributed by atoms with Gasteiger partial charge in [-0.25, -0.2) is 29.8 Å². The standard InChI is InChI=1S/C29H27F2N7O4/c1-29(2,32-3)28(40)36-23-14-38-24(35-23)8-7-22(37-38)17-10-20(27(41-4)34-12-17)26(39)33-13-18-9-19(30)11-21(31)25(18)42-15-16-5-6-16/h7-12,14,16H,5-6,13,15H2,1-2,4H3,(H,33,39)(H,36,40). The number of hydrogen-bond donors (Lipinski definition) is 2. The minimum Gasteiger partial charge on any atom is -0.490 e. The lowest BCUT2D eigenvalue weighted by atomic mass is 10.1. The maximum absolute atomic E-state index is 14.5. The average molecular weight is 576 g/mol. The smallest absolute Gasteiger partial charge is 0.311 e. The second-order valence-electron chi connectivity index (χ2n) is 10.4. The number of nitrogens with zero attached hydrogens (tertiary/aromatic N) is 5. The van der Waals surface area contributed by atoms with E-state index in [2.05, 4.69) is 30.5 Å². The molecule has 1 fully saturated rings. The maximum atomic E-state index is 14.5. The number of anilines is 1. The van der Waals surface area contributed by atoms with E-state index in [9.17, 15) is 18.4 Å². The molecule has 1 aliphatic rings. The van der Waals surface area contributed by atoms with Gasteiger partial charge in [-0.1, -0.05) is 0 Å². The summed E-state index contributed by atoms with van der Waals surface area (Å²) < 4.78 is 40.8. The number of hydrogen-bond acceptors (Lipinski definition) is 7. The van der Waals surface area contributed by atoms with Crippen molar-refractivity contribution in [1.82, 2.24) is 24.9 Å². The first-order chi connectivity index (χ1) is 20.1. The van der Waals surface area contributed by atoms with Crippen molar-refractivity contribution in [3.05, 3.63) is 76.9 Å². The molecule has 0 saturated heterocycles. The zero-order valence-corrected chi connectivity index (χ0v) is 23.1. The van der Waals surface area contributed by atoms with Gasteiger partial charge in [0.25, 0.3) is 5.91 Å². The number of halogens is 2. The molecule has 11 nitrogen and oxygen atoms in total. The summed E-state index contributed by atoms with van der Waals surface area (Å²) in [6, 6.07) is 6.75. The van der Waals surface area contributed by atoms with E-state index in [4.69, 9.17) is 16.0 Å². The van der Waals surface area contributed by atoms with Crippen LogP contribution >= 0.6 is 0 Å². The fourth-order valence-corrected chi connectivity index (χ4v) is 4.00. The summed E-state index contributed by atoms with van der Waals surface area (Å²) in [5.41, 5.74) is 0.339. The van der Waals surface area contributed by atoms with Crippen molar-refractivity contribution in [2.24, 2.45) is 5.92 Å². The van der Waals surface area contributed by atoms with Gasteiger partial charge in [0.1, 0.15) is 11.4 Å². The molecule has 2 amide bonds. The monoisotopic (exact) mass is 575 g/mol. The second kappa shape index (κ2) is 11.4. The Morgan fingerprint density at radius 3 is 2.71 bits per heavy atom. The summed E-state index contributed by atoms with van der Waals surface area (Å²) in [5, 5.41) is 9.79. The van der Waals surface area contributed by atoms with Crippen LogP contribution < -0.4 is 20.1 Å². The van der Waals surface area contributed by atoms with E-state index in [0.29, 0.717) is 29.4 Å². The first kappa shape index (κ1) is 28.4. The molecule has 3 heterocycles. The van der Waals surface area contributed by atoms with Crippen LogP contribution in [-0.2, 0) is 11.3 Å². The van der Waals surface area contributed by atoms with Crippen LogP contribution in [0.4, 0.5) is 14.6 Å². The molecule has 0 radical (unpaired) electrons. The number of carbonyl (C=O) groups is 2. The number of rotatable bonds is 10. The Labute approximate surface area is 239 Å². The van der Waals surface area contributed by atoms with Crippen molar-refractivity contribution in [1.29, 1.82) is 0 Å². The third-order valence-electron chi connectivity index (χ3n) is 6.67. The van der Waals surface area contributed by atoms with Crippen LogP contribution in [0.3, 0.4) is 0 Å². The largest absolute Gasteiger partial charge is 0.490 e. The number of methoxy groups -OCH3 is 1. The molecule has 0 spiro atoms. The molecule has 1 aliphatic carbocycles. The van der Waals surface area contributed by atoms with E-state index in [1.165, 1.54) is 43.9 Å². The van der Waals surface area contributed by atoms with Crippen molar-refractivity contribution in [2.45, 2.75) is 38.8 Å². The van der Waals surface area contributed by atoms with Crippen LogP contribution in [0.15, 0.2) is 42.7 Å². The van der Waals surface area contributed by atoms with Crippen LogP contribution in [-0.4, -0.2) is 50.7 Å². The van der Waals surface area contributed by atoms with E-state index >= 15 is 0 Å². The lowest BCUT2D eigenvalue weighted by Crippen LogP contribution is -2.33. The van der Waals surface area contributed by atoms with Crippen LogP contribution in [0, 0.1) is 24.1 Å². The Balaban J connectivity index is 1.36. The number of carbonyl (C=O) groups excluding carboxylic acids is 2. The van der Waals surface area contributed by atoms with Gasteiger partial charge in [-0.05, 0) is 43.0 Å². The Morgan fingerprint density at radius 1 is 1.21 bits per heavy atom. The molecule has 5 rings (SSSR count). The highest BCUT2D eigenvalue weighted by Gasteiger charge is 2.34.